The molecule has 1 aromatic carbocycles. The summed E-state index contributed by atoms with van der Waals surface area (Å²) in [6.07, 6.45) is -0.168. The minimum absolute atomic E-state index is 0.168. The minimum Gasteiger partial charge on any atom is -0.481 e. The largest absolute Gasteiger partial charge is 0.481 e. The summed E-state index contributed by atoms with van der Waals surface area (Å²) >= 11 is 3.10. The van der Waals surface area contributed by atoms with Crippen LogP contribution >= 0.6 is 22.7 Å². The van der Waals surface area contributed by atoms with E-state index in [2.05, 4.69) is 30.1 Å². The van der Waals surface area contributed by atoms with E-state index in [0.717, 1.165) is 37.8 Å². The average molecular weight is 474 g/mol. The first-order chi connectivity index (χ1) is 15.9. The summed E-state index contributed by atoms with van der Waals surface area (Å²) in [5.41, 5.74) is 4.80. The number of hydrogen-bond donors (Lipinski definition) is 1. The number of aryl methyl sites for hydroxylation is 2. The molecule has 1 aliphatic heterocycles. The van der Waals surface area contributed by atoms with Crippen molar-refractivity contribution in [2.24, 2.45) is 4.99 Å². The quantitative estimate of drug-likeness (QED) is 0.437. The molecule has 0 amide bonds. The van der Waals surface area contributed by atoms with Crippen LogP contribution in [0.3, 0.4) is 0 Å². The zero-order valence-electron chi connectivity index (χ0n) is 18.2. The van der Waals surface area contributed by atoms with Crippen molar-refractivity contribution in [1.29, 1.82) is 5.26 Å². The van der Waals surface area contributed by atoms with Gasteiger partial charge in [0.15, 0.2) is 5.82 Å². The lowest BCUT2D eigenvalue weighted by atomic mass is 9.98. The zero-order valence-corrected chi connectivity index (χ0v) is 19.8. The van der Waals surface area contributed by atoms with Gasteiger partial charge in [0.1, 0.15) is 27.8 Å². The standard InChI is InChI=1S/C24H19N5O2S2/c1-12-13(2)32-24-21(12)22(26-18(10-20(30)31)23-28-27-14(3)29(23)24)16-6-4-15(5-7-16)19-9-8-17(11-25)33-19/h4-9,18H,10H2,1-3H3,(H,30,31)/t18-/m0/s1. The van der Waals surface area contributed by atoms with E-state index < -0.39 is 12.0 Å². The molecule has 0 saturated carbocycles. The second-order valence-electron chi connectivity index (χ2n) is 7.85. The van der Waals surface area contributed by atoms with Crippen LogP contribution in [0.2, 0.25) is 0 Å². The van der Waals surface area contributed by atoms with E-state index in [1.165, 1.54) is 16.2 Å². The van der Waals surface area contributed by atoms with Crippen LogP contribution in [0.15, 0.2) is 41.4 Å². The highest BCUT2D eigenvalue weighted by atomic mass is 32.1. The van der Waals surface area contributed by atoms with Gasteiger partial charge < -0.3 is 5.11 Å². The second-order valence-corrected chi connectivity index (χ2v) is 10.1. The number of carboxylic acid groups (broad SMARTS) is 1. The zero-order chi connectivity index (χ0) is 23.3. The Morgan fingerprint density at radius 2 is 1.82 bits per heavy atom. The Morgan fingerprint density at radius 1 is 1.09 bits per heavy atom. The molecule has 5 rings (SSSR count). The van der Waals surface area contributed by atoms with Crippen molar-refractivity contribution < 1.29 is 9.90 Å². The van der Waals surface area contributed by atoms with Crippen LogP contribution in [0.5, 0.6) is 0 Å². The Hall–Kier alpha value is -3.61. The van der Waals surface area contributed by atoms with Crippen molar-refractivity contribution >= 4 is 34.4 Å². The molecule has 33 heavy (non-hydrogen) atoms. The fourth-order valence-corrected chi connectivity index (χ4v) is 6.06. The maximum Gasteiger partial charge on any atom is 0.306 e. The molecule has 4 heterocycles. The number of aliphatic imine (C=N–C) groups is 1. The number of thiophene rings is 2. The summed E-state index contributed by atoms with van der Waals surface area (Å²) in [4.78, 5) is 19.5. The van der Waals surface area contributed by atoms with Gasteiger partial charge in [-0.2, -0.15) is 5.26 Å². The number of carboxylic acids is 1. The van der Waals surface area contributed by atoms with Crippen LogP contribution in [0.4, 0.5) is 0 Å². The van der Waals surface area contributed by atoms with Crippen molar-refractivity contribution in [1.82, 2.24) is 14.8 Å². The van der Waals surface area contributed by atoms with Gasteiger partial charge in [0.25, 0.3) is 0 Å². The van der Waals surface area contributed by atoms with Gasteiger partial charge in [0, 0.05) is 20.9 Å². The Balaban J connectivity index is 1.68. The van der Waals surface area contributed by atoms with Gasteiger partial charge in [0.05, 0.1) is 12.1 Å². The summed E-state index contributed by atoms with van der Waals surface area (Å²) in [5, 5.41) is 28.2. The van der Waals surface area contributed by atoms with Crippen LogP contribution in [0, 0.1) is 32.1 Å². The van der Waals surface area contributed by atoms with Crippen molar-refractivity contribution in [3.63, 3.8) is 0 Å². The molecular weight excluding hydrogens is 454 g/mol. The van der Waals surface area contributed by atoms with Crippen LogP contribution in [-0.4, -0.2) is 31.6 Å². The van der Waals surface area contributed by atoms with Gasteiger partial charge in [-0.15, -0.1) is 32.9 Å². The Bertz CT molecular complexity index is 1470. The highest BCUT2D eigenvalue weighted by Gasteiger charge is 2.32. The molecular formula is C24H19N5O2S2. The molecule has 0 spiro atoms. The Kier molecular flexibility index (Phi) is 5.19. The predicted molar refractivity (Wildman–Crippen MR) is 129 cm³/mol. The molecule has 0 saturated heterocycles. The van der Waals surface area contributed by atoms with E-state index in [-0.39, 0.29) is 6.42 Å². The van der Waals surface area contributed by atoms with Crippen LogP contribution < -0.4 is 0 Å². The lowest BCUT2D eigenvalue weighted by Gasteiger charge is -2.11. The first kappa shape index (κ1) is 21.2. The highest BCUT2D eigenvalue weighted by molar-refractivity contribution is 7.16. The first-order valence-electron chi connectivity index (χ1n) is 10.3. The molecule has 1 atom stereocenters. The Labute approximate surface area is 198 Å². The summed E-state index contributed by atoms with van der Waals surface area (Å²) < 4.78 is 1.95. The summed E-state index contributed by atoms with van der Waals surface area (Å²) in [5.74, 6) is 0.321. The van der Waals surface area contributed by atoms with Gasteiger partial charge in [-0.25, -0.2) is 0 Å². The molecule has 0 bridgehead atoms. The van der Waals surface area contributed by atoms with Crippen molar-refractivity contribution in [2.75, 3.05) is 0 Å². The average Bonchev–Trinajstić information content (AvgIpc) is 3.47. The van der Waals surface area contributed by atoms with Gasteiger partial charge >= 0.3 is 5.97 Å². The number of nitrogens with zero attached hydrogens (tertiary/aromatic N) is 5. The Morgan fingerprint density at radius 3 is 2.48 bits per heavy atom. The molecule has 0 aliphatic carbocycles. The number of benzene rings is 1. The van der Waals surface area contributed by atoms with E-state index in [9.17, 15) is 9.90 Å². The van der Waals surface area contributed by atoms with E-state index >= 15 is 0 Å². The third-order valence-electron chi connectivity index (χ3n) is 5.77. The number of rotatable bonds is 4. The summed E-state index contributed by atoms with van der Waals surface area (Å²) in [6.45, 7) is 6.02. The third-order valence-corrected chi connectivity index (χ3v) is 8.00. The van der Waals surface area contributed by atoms with Gasteiger partial charge in [-0.05, 0) is 44.0 Å². The molecule has 0 fully saturated rings. The molecule has 164 valence electrons. The second kappa shape index (κ2) is 8.06. The van der Waals surface area contributed by atoms with Crippen molar-refractivity contribution in [3.05, 3.63) is 74.5 Å². The number of carbonyl (C=O) groups is 1. The van der Waals surface area contributed by atoms with Gasteiger partial charge in [-0.1, -0.05) is 24.3 Å². The smallest absolute Gasteiger partial charge is 0.306 e. The van der Waals surface area contributed by atoms with Gasteiger partial charge in [0.2, 0.25) is 0 Å². The highest BCUT2D eigenvalue weighted by Crippen LogP contribution is 2.39. The normalized spacial score (nSPS) is 14.7. The molecule has 7 nitrogen and oxygen atoms in total. The van der Waals surface area contributed by atoms with E-state index in [0.29, 0.717) is 16.5 Å². The maximum absolute atomic E-state index is 11.7. The van der Waals surface area contributed by atoms with Crippen molar-refractivity contribution in [3.8, 4) is 21.5 Å². The lowest BCUT2D eigenvalue weighted by molar-refractivity contribution is -0.137. The first-order valence-corrected chi connectivity index (χ1v) is 11.9. The molecule has 1 N–H and O–H groups in total. The van der Waals surface area contributed by atoms with E-state index in [1.807, 2.05) is 47.9 Å². The summed E-state index contributed by atoms with van der Waals surface area (Å²) in [6, 6.07) is 13.3. The monoisotopic (exact) mass is 473 g/mol. The third kappa shape index (κ3) is 3.57. The van der Waals surface area contributed by atoms with Crippen molar-refractivity contribution in [2.45, 2.75) is 33.2 Å². The molecule has 1 aliphatic rings. The van der Waals surface area contributed by atoms with E-state index in [1.54, 1.807) is 11.3 Å². The number of aliphatic carboxylic acids is 1. The SMILES string of the molecule is Cc1sc2c(c1C)C(c1ccc(-c3ccc(C#N)s3)cc1)=N[C@@H](CC(=O)O)c1nnc(C)n1-2. The molecule has 0 unspecified atom stereocenters. The minimum atomic E-state index is -0.935. The fraction of sp³-hybridized carbons (Fsp3) is 0.208. The molecule has 4 aromatic rings. The molecule has 9 heteroatoms. The summed E-state index contributed by atoms with van der Waals surface area (Å²) in [7, 11) is 0. The number of fused-ring (bicyclic) bond motifs is 3. The fourth-order valence-electron chi connectivity index (χ4n) is 4.04. The van der Waals surface area contributed by atoms with Crippen LogP contribution in [-0.2, 0) is 4.79 Å². The number of nitriles is 1. The van der Waals surface area contributed by atoms with Crippen LogP contribution in [0.1, 0.15) is 50.6 Å². The number of hydrogen-bond acceptors (Lipinski definition) is 7. The lowest BCUT2D eigenvalue weighted by Crippen LogP contribution is -2.10. The topological polar surface area (TPSA) is 104 Å². The number of aromatic nitrogens is 3. The predicted octanol–water partition coefficient (Wildman–Crippen LogP) is 5.22. The van der Waals surface area contributed by atoms with E-state index in [4.69, 9.17) is 10.3 Å². The molecule has 3 aromatic heterocycles. The van der Waals surface area contributed by atoms with Gasteiger partial charge in [-0.3, -0.25) is 14.4 Å². The van der Waals surface area contributed by atoms with Crippen LogP contribution in [0.25, 0.3) is 15.4 Å². The maximum atomic E-state index is 11.7. The molecule has 0 radical (unpaired) electrons.